The topological polar surface area (TPSA) is 37.2 Å². The number of hydrogen-bond acceptors (Lipinski definition) is 4. The predicted octanol–water partition coefficient (Wildman–Crippen LogP) is 3.31. The maximum atomic E-state index is 13.4. The zero-order valence-electron chi connectivity index (χ0n) is 15.6. The molecule has 4 heterocycles. The monoisotopic (exact) mass is 383 g/mol. The smallest absolute Gasteiger partial charge is 0.225 e. The number of benzene rings is 1. The summed E-state index contributed by atoms with van der Waals surface area (Å²) in [5.41, 5.74) is 1.10. The minimum absolute atomic E-state index is 0.186. The quantitative estimate of drug-likeness (QED) is 0.695. The fourth-order valence-corrected chi connectivity index (χ4v) is 4.67. The van der Waals surface area contributed by atoms with Gasteiger partial charge in [0, 0.05) is 55.9 Å². The average molecular weight is 383 g/mol. The first-order chi connectivity index (χ1) is 13.7. The fourth-order valence-electron chi connectivity index (χ4n) is 4.67. The number of rotatable bonds is 3. The molecule has 0 bridgehead atoms. The summed E-state index contributed by atoms with van der Waals surface area (Å²) in [6.07, 6.45) is 6.84. The third-order valence-corrected chi connectivity index (χ3v) is 6.08. The van der Waals surface area contributed by atoms with Gasteiger partial charge >= 0.3 is 0 Å². The lowest BCUT2D eigenvalue weighted by molar-refractivity contribution is 0.0888. The molecule has 0 spiro atoms. The number of aromatic nitrogens is 3. The van der Waals surface area contributed by atoms with Crippen LogP contribution in [0, 0.1) is 17.6 Å². The number of hydrogen-bond donors (Lipinski definition) is 0. The van der Waals surface area contributed by atoms with Gasteiger partial charge in [0.2, 0.25) is 5.95 Å². The molecule has 0 radical (unpaired) electrons. The summed E-state index contributed by atoms with van der Waals surface area (Å²) in [6.45, 7) is 4.76. The van der Waals surface area contributed by atoms with E-state index in [0.717, 1.165) is 50.0 Å². The maximum Gasteiger partial charge on any atom is 0.225 e. The number of nitrogens with zero attached hydrogens (tertiary/aromatic N) is 5. The van der Waals surface area contributed by atoms with Crippen molar-refractivity contribution in [1.82, 2.24) is 19.4 Å². The van der Waals surface area contributed by atoms with E-state index in [1.807, 2.05) is 12.1 Å². The molecule has 2 aliphatic rings. The van der Waals surface area contributed by atoms with Gasteiger partial charge in [0.15, 0.2) is 5.82 Å². The van der Waals surface area contributed by atoms with Crippen LogP contribution in [0.2, 0.25) is 0 Å². The lowest BCUT2D eigenvalue weighted by atomic mass is 9.91. The summed E-state index contributed by atoms with van der Waals surface area (Å²) < 4.78 is 28.7. The SMILES string of the molecule is Fc1cnc(N2CCN3C[C@H](Cn4ccc5cc(F)ccc54)CC[C@H]3C2)nc1. The molecule has 146 valence electrons. The highest BCUT2D eigenvalue weighted by Gasteiger charge is 2.33. The number of piperazine rings is 1. The molecule has 2 fully saturated rings. The first-order valence-corrected chi connectivity index (χ1v) is 9.86. The Morgan fingerprint density at radius 2 is 1.82 bits per heavy atom. The number of piperidine rings is 1. The third-order valence-electron chi connectivity index (χ3n) is 6.08. The number of halogens is 2. The standard InChI is InChI=1S/C21H23F2N5/c22-17-2-4-20-16(9-17)5-6-27(20)13-15-1-3-19-14-28(8-7-26(19)12-15)21-24-10-18(23)11-25-21/h2,4-6,9-11,15,19H,1,3,7-8,12-14H2/t15-,19+/m1/s1. The van der Waals surface area contributed by atoms with Crippen LogP contribution >= 0.6 is 0 Å². The van der Waals surface area contributed by atoms with E-state index in [1.165, 1.54) is 24.9 Å². The van der Waals surface area contributed by atoms with Crippen LogP contribution in [0.3, 0.4) is 0 Å². The van der Waals surface area contributed by atoms with Crippen LogP contribution in [0.5, 0.6) is 0 Å². The molecule has 2 aliphatic heterocycles. The third kappa shape index (κ3) is 3.35. The first kappa shape index (κ1) is 17.6. The van der Waals surface area contributed by atoms with E-state index in [2.05, 4.69) is 30.5 Å². The Hall–Kier alpha value is -2.54. The Labute approximate surface area is 162 Å². The Morgan fingerprint density at radius 3 is 2.68 bits per heavy atom. The van der Waals surface area contributed by atoms with Crippen molar-refractivity contribution in [2.24, 2.45) is 5.92 Å². The van der Waals surface area contributed by atoms with Crippen molar-refractivity contribution in [2.45, 2.75) is 25.4 Å². The molecule has 0 amide bonds. The fraction of sp³-hybridized carbons (Fsp3) is 0.429. The maximum absolute atomic E-state index is 13.4. The molecule has 0 saturated carbocycles. The lowest BCUT2D eigenvalue weighted by Crippen LogP contribution is -2.57. The van der Waals surface area contributed by atoms with Crippen molar-refractivity contribution >= 4 is 16.9 Å². The number of anilines is 1. The summed E-state index contributed by atoms with van der Waals surface area (Å²) >= 11 is 0. The minimum Gasteiger partial charge on any atom is -0.347 e. The molecular formula is C21H23F2N5. The normalized spacial score (nSPS) is 23.1. The van der Waals surface area contributed by atoms with Crippen LogP contribution in [0.1, 0.15) is 12.8 Å². The van der Waals surface area contributed by atoms with E-state index < -0.39 is 5.82 Å². The van der Waals surface area contributed by atoms with Gasteiger partial charge in [-0.05, 0) is 43.0 Å². The summed E-state index contributed by atoms with van der Waals surface area (Å²) in [4.78, 5) is 13.0. The summed E-state index contributed by atoms with van der Waals surface area (Å²) in [7, 11) is 0. The molecule has 1 aromatic carbocycles. The summed E-state index contributed by atoms with van der Waals surface area (Å²) in [5, 5.41) is 0.960. The van der Waals surface area contributed by atoms with Gasteiger partial charge in [-0.25, -0.2) is 18.7 Å². The van der Waals surface area contributed by atoms with Gasteiger partial charge in [-0.2, -0.15) is 0 Å². The Kier molecular flexibility index (Phi) is 4.47. The Balaban J connectivity index is 1.23. The van der Waals surface area contributed by atoms with Crippen LogP contribution in [-0.2, 0) is 6.54 Å². The van der Waals surface area contributed by atoms with Gasteiger partial charge in [0.25, 0.3) is 0 Å². The second-order valence-corrected chi connectivity index (χ2v) is 7.91. The largest absolute Gasteiger partial charge is 0.347 e. The van der Waals surface area contributed by atoms with Crippen molar-refractivity contribution in [3.05, 3.63) is 54.5 Å². The highest BCUT2D eigenvalue weighted by Crippen LogP contribution is 2.28. The van der Waals surface area contributed by atoms with Crippen molar-refractivity contribution in [2.75, 3.05) is 31.1 Å². The minimum atomic E-state index is -0.400. The van der Waals surface area contributed by atoms with Gasteiger partial charge in [-0.15, -0.1) is 0 Å². The summed E-state index contributed by atoms with van der Waals surface area (Å²) in [5.74, 6) is 0.622. The second-order valence-electron chi connectivity index (χ2n) is 7.91. The average Bonchev–Trinajstić information content (AvgIpc) is 3.10. The van der Waals surface area contributed by atoms with E-state index in [4.69, 9.17) is 0 Å². The molecule has 2 aromatic heterocycles. The summed E-state index contributed by atoms with van der Waals surface area (Å²) in [6, 6.07) is 7.49. The van der Waals surface area contributed by atoms with E-state index in [0.29, 0.717) is 17.9 Å². The molecule has 2 saturated heterocycles. The van der Waals surface area contributed by atoms with Crippen molar-refractivity contribution in [1.29, 1.82) is 0 Å². The van der Waals surface area contributed by atoms with Gasteiger partial charge < -0.3 is 9.47 Å². The predicted molar refractivity (Wildman–Crippen MR) is 104 cm³/mol. The van der Waals surface area contributed by atoms with Gasteiger partial charge in [0.05, 0.1) is 12.4 Å². The molecule has 28 heavy (non-hydrogen) atoms. The van der Waals surface area contributed by atoms with Crippen LogP contribution in [0.15, 0.2) is 42.9 Å². The molecule has 0 unspecified atom stereocenters. The second kappa shape index (κ2) is 7.13. The highest BCUT2D eigenvalue weighted by atomic mass is 19.1. The van der Waals surface area contributed by atoms with Crippen LogP contribution in [0.25, 0.3) is 10.9 Å². The van der Waals surface area contributed by atoms with Crippen LogP contribution in [-0.4, -0.2) is 51.7 Å². The Morgan fingerprint density at radius 1 is 0.964 bits per heavy atom. The van der Waals surface area contributed by atoms with Gasteiger partial charge in [-0.1, -0.05) is 0 Å². The molecule has 7 heteroatoms. The number of fused-ring (bicyclic) bond motifs is 2. The zero-order valence-corrected chi connectivity index (χ0v) is 15.6. The van der Waals surface area contributed by atoms with Crippen LogP contribution in [0.4, 0.5) is 14.7 Å². The van der Waals surface area contributed by atoms with E-state index in [-0.39, 0.29) is 5.82 Å². The van der Waals surface area contributed by atoms with Gasteiger partial charge in [0.1, 0.15) is 5.82 Å². The molecule has 2 atom stereocenters. The molecule has 5 nitrogen and oxygen atoms in total. The highest BCUT2D eigenvalue weighted by molar-refractivity contribution is 5.80. The first-order valence-electron chi connectivity index (χ1n) is 9.86. The molecule has 0 aliphatic carbocycles. The van der Waals surface area contributed by atoms with E-state index >= 15 is 0 Å². The molecular weight excluding hydrogens is 360 g/mol. The van der Waals surface area contributed by atoms with Crippen molar-refractivity contribution in [3.63, 3.8) is 0 Å². The van der Waals surface area contributed by atoms with E-state index in [9.17, 15) is 8.78 Å². The zero-order chi connectivity index (χ0) is 19.1. The lowest BCUT2D eigenvalue weighted by Gasteiger charge is -2.46. The molecule has 5 rings (SSSR count). The van der Waals surface area contributed by atoms with Crippen molar-refractivity contribution in [3.8, 4) is 0 Å². The Bertz CT molecular complexity index is 971. The van der Waals surface area contributed by atoms with Gasteiger partial charge in [-0.3, -0.25) is 4.90 Å². The molecule has 3 aromatic rings. The molecule has 0 N–H and O–H groups in total. The van der Waals surface area contributed by atoms with Crippen molar-refractivity contribution < 1.29 is 8.78 Å². The van der Waals surface area contributed by atoms with E-state index in [1.54, 1.807) is 6.07 Å². The van der Waals surface area contributed by atoms with Crippen LogP contribution < -0.4 is 4.90 Å².